The van der Waals surface area contributed by atoms with Crippen LogP contribution in [0, 0.1) is 12.1 Å². The van der Waals surface area contributed by atoms with Gasteiger partial charge in [0.15, 0.2) is 0 Å². The summed E-state index contributed by atoms with van der Waals surface area (Å²) in [5.74, 6) is 0. The van der Waals surface area contributed by atoms with Gasteiger partial charge in [0.25, 0.3) is 0 Å². The van der Waals surface area contributed by atoms with E-state index in [1.807, 2.05) is 48.6 Å². The summed E-state index contributed by atoms with van der Waals surface area (Å²) in [6.45, 7) is 0. The summed E-state index contributed by atoms with van der Waals surface area (Å²) in [4.78, 5) is 10.3. The third kappa shape index (κ3) is 6.05. The van der Waals surface area contributed by atoms with E-state index in [1.165, 1.54) is 0 Å². The zero-order chi connectivity index (χ0) is 18.2. The number of thiocarbonyl (C=S) groups is 2. The molecular weight excluding hydrogens is 549 g/mol. The van der Waals surface area contributed by atoms with E-state index in [-0.39, 0.29) is 20.1 Å². The minimum absolute atomic E-state index is 0. The van der Waals surface area contributed by atoms with Gasteiger partial charge in [-0.2, -0.15) is 24.3 Å². The standard InChI is InChI=1S/2C11H8NS.Ir/c2*13-11-7-2-1-5-9(11)10-6-3-4-8-12-10;/h2*1-5,8H,7H2;/q2*-1;. The molecule has 0 bridgehead atoms. The summed E-state index contributed by atoms with van der Waals surface area (Å²) < 4.78 is 0. The van der Waals surface area contributed by atoms with Crippen LogP contribution in [-0.2, 0) is 20.1 Å². The third-order valence-electron chi connectivity index (χ3n) is 3.73. The number of hydrogen-bond acceptors (Lipinski definition) is 4. The summed E-state index contributed by atoms with van der Waals surface area (Å²) in [6.07, 6.45) is 17.3. The molecule has 2 heterocycles. The molecule has 1 radical (unpaired) electrons. The molecule has 0 aliphatic heterocycles. The maximum Gasteiger partial charge on any atom is 0 e. The van der Waals surface area contributed by atoms with Crippen LogP contribution in [0.4, 0.5) is 0 Å². The third-order valence-corrected chi connectivity index (χ3v) is 4.50. The molecule has 5 heteroatoms. The Labute approximate surface area is 184 Å². The Hall–Kier alpha value is -1.91. The Morgan fingerprint density at radius 2 is 1.19 bits per heavy atom. The van der Waals surface area contributed by atoms with Gasteiger partial charge < -0.3 is 0 Å². The Kier molecular flexibility index (Phi) is 8.76. The number of allylic oxidation sites excluding steroid dienone is 8. The maximum absolute atomic E-state index is 5.23. The van der Waals surface area contributed by atoms with Crippen molar-refractivity contribution >= 4 is 45.3 Å². The van der Waals surface area contributed by atoms with Gasteiger partial charge in [0, 0.05) is 20.1 Å². The van der Waals surface area contributed by atoms with Crippen LogP contribution in [0.25, 0.3) is 11.1 Å². The maximum atomic E-state index is 5.23. The molecule has 0 spiro atoms. The predicted octanol–water partition coefficient (Wildman–Crippen LogP) is 5.19. The number of hydrogen-bond donors (Lipinski definition) is 0. The smallest absolute Gasteiger partial charge is 0 e. The summed E-state index contributed by atoms with van der Waals surface area (Å²) in [5, 5.41) is 0. The van der Waals surface area contributed by atoms with Crippen LogP contribution in [0.3, 0.4) is 0 Å². The van der Waals surface area contributed by atoms with Crippen molar-refractivity contribution in [1.29, 1.82) is 0 Å². The number of aromatic nitrogens is 2. The van der Waals surface area contributed by atoms with E-state index < -0.39 is 0 Å². The Balaban J connectivity index is 0.000000187. The summed E-state index contributed by atoms with van der Waals surface area (Å²) in [5.41, 5.74) is 3.74. The van der Waals surface area contributed by atoms with Crippen LogP contribution in [0.15, 0.2) is 73.1 Å². The normalized spacial score (nSPS) is 15.1. The number of rotatable bonds is 2. The molecule has 0 amide bonds. The van der Waals surface area contributed by atoms with Crippen molar-refractivity contribution in [3.05, 3.63) is 96.6 Å². The van der Waals surface area contributed by atoms with Gasteiger partial charge in [0.05, 0.1) is 0 Å². The first-order valence-electron chi connectivity index (χ1n) is 8.22. The van der Waals surface area contributed by atoms with Crippen molar-refractivity contribution in [1.82, 2.24) is 9.97 Å². The number of pyridine rings is 2. The second-order valence-electron chi connectivity index (χ2n) is 5.53. The quantitative estimate of drug-likeness (QED) is 0.371. The fourth-order valence-corrected chi connectivity index (χ4v) is 2.97. The molecule has 2 aliphatic rings. The minimum Gasteiger partial charge on any atom is -0.296 e. The summed E-state index contributed by atoms with van der Waals surface area (Å²) >= 11 is 10.5. The van der Waals surface area contributed by atoms with Crippen LogP contribution in [0.5, 0.6) is 0 Å². The van der Waals surface area contributed by atoms with Gasteiger partial charge in [-0.1, -0.05) is 59.9 Å². The average molecular weight is 565 g/mol. The van der Waals surface area contributed by atoms with Crippen molar-refractivity contribution < 1.29 is 20.1 Å². The number of nitrogens with zero attached hydrogens (tertiary/aromatic N) is 2. The molecule has 137 valence electrons. The summed E-state index contributed by atoms with van der Waals surface area (Å²) in [7, 11) is 0. The fraction of sp³-hybridized carbons (Fsp3) is 0.0909. The summed E-state index contributed by atoms with van der Waals surface area (Å²) in [6, 6.07) is 13.5. The first-order chi connectivity index (χ1) is 12.8. The molecule has 4 rings (SSSR count). The molecule has 2 aliphatic carbocycles. The van der Waals surface area contributed by atoms with Gasteiger partial charge in [0.2, 0.25) is 0 Å². The molecule has 0 N–H and O–H groups in total. The second kappa shape index (κ2) is 11.1. The van der Waals surface area contributed by atoms with Crippen molar-refractivity contribution in [2.24, 2.45) is 0 Å². The van der Waals surface area contributed by atoms with Gasteiger partial charge in [-0.25, -0.2) is 0 Å². The van der Waals surface area contributed by atoms with E-state index in [1.54, 1.807) is 12.4 Å². The van der Waals surface area contributed by atoms with Crippen molar-refractivity contribution in [3.8, 4) is 0 Å². The molecule has 0 fully saturated rings. The van der Waals surface area contributed by atoms with E-state index in [0.717, 1.165) is 45.1 Å². The molecule has 0 saturated heterocycles. The SMILES string of the molecule is S=C1CC=CC=C1c1[c-]cccn1.S=C1CC=CC=C1c1[c-]cccn1.[Ir]. The molecule has 0 unspecified atom stereocenters. The molecule has 0 aromatic carbocycles. The zero-order valence-corrected chi connectivity index (χ0v) is 18.4. The first-order valence-corrected chi connectivity index (χ1v) is 9.03. The zero-order valence-electron chi connectivity index (χ0n) is 14.4. The monoisotopic (exact) mass is 565 g/mol. The van der Waals surface area contributed by atoms with Gasteiger partial charge >= 0.3 is 0 Å². The Bertz CT molecular complexity index is 836. The molecule has 27 heavy (non-hydrogen) atoms. The van der Waals surface area contributed by atoms with Crippen LogP contribution in [-0.4, -0.2) is 19.7 Å². The first kappa shape index (κ1) is 21.4. The van der Waals surface area contributed by atoms with Gasteiger partial charge in [-0.05, 0) is 46.4 Å². The van der Waals surface area contributed by atoms with Crippen LogP contribution in [0.1, 0.15) is 24.2 Å². The van der Waals surface area contributed by atoms with Gasteiger partial charge in [-0.15, -0.1) is 24.3 Å². The molecule has 2 aromatic heterocycles. The van der Waals surface area contributed by atoms with Crippen LogP contribution < -0.4 is 0 Å². The van der Waals surface area contributed by atoms with Crippen molar-refractivity contribution in [3.63, 3.8) is 0 Å². The molecule has 2 nitrogen and oxygen atoms in total. The van der Waals surface area contributed by atoms with Gasteiger partial charge in [0.1, 0.15) is 0 Å². The van der Waals surface area contributed by atoms with Gasteiger partial charge in [-0.3, -0.25) is 9.97 Å². The largest absolute Gasteiger partial charge is 0.296 e. The van der Waals surface area contributed by atoms with E-state index in [9.17, 15) is 0 Å². The molecule has 2 aromatic rings. The predicted molar refractivity (Wildman–Crippen MR) is 115 cm³/mol. The second-order valence-corrected chi connectivity index (χ2v) is 6.52. The minimum atomic E-state index is 0. The van der Waals surface area contributed by atoms with E-state index in [4.69, 9.17) is 24.4 Å². The molecule has 0 atom stereocenters. The average Bonchev–Trinajstić information content (AvgIpc) is 2.71. The Morgan fingerprint density at radius 1 is 0.741 bits per heavy atom. The van der Waals surface area contributed by atoms with Crippen LogP contribution in [0.2, 0.25) is 0 Å². The molecular formula is C22H16IrN2S2-2. The van der Waals surface area contributed by atoms with Crippen molar-refractivity contribution in [2.75, 3.05) is 0 Å². The van der Waals surface area contributed by atoms with E-state index in [0.29, 0.717) is 0 Å². The van der Waals surface area contributed by atoms with E-state index >= 15 is 0 Å². The Morgan fingerprint density at radius 3 is 1.52 bits per heavy atom. The van der Waals surface area contributed by atoms with Crippen LogP contribution >= 0.6 is 24.4 Å². The topological polar surface area (TPSA) is 25.8 Å². The molecule has 0 saturated carbocycles. The van der Waals surface area contributed by atoms with Crippen molar-refractivity contribution in [2.45, 2.75) is 12.8 Å². The fourth-order valence-electron chi connectivity index (χ4n) is 2.45. The van der Waals surface area contributed by atoms with E-state index in [2.05, 4.69) is 34.3 Å².